The number of carbonyl (C=O) groups is 4. The highest BCUT2D eigenvalue weighted by atomic mass is 35.5. The van der Waals surface area contributed by atoms with Crippen LogP contribution in [-0.4, -0.2) is 92.0 Å². The number of amides is 4. The molecule has 322 valence electrons. The van der Waals surface area contributed by atoms with Crippen molar-refractivity contribution in [1.82, 2.24) is 40.4 Å². The normalized spacial score (nSPS) is 14.6. The van der Waals surface area contributed by atoms with Crippen molar-refractivity contribution in [3.8, 4) is 39.5 Å². The van der Waals surface area contributed by atoms with Gasteiger partial charge in [0.05, 0.1) is 41.3 Å². The molecule has 1 aliphatic rings. The van der Waals surface area contributed by atoms with Gasteiger partial charge in [0.15, 0.2) is 5.65 Å². The molecule has 3 aromatic heterocycles. The zero-order valence-electron chi connectivity index (χ0n) is 35.4. The van der Waals surface area contributed by atoms with E-state index < -0.39 is 35.3 Å². The fourth-order valence-corrected chi connectivity index (χ4v) is 7.29. The number of imidazole rings is 1. The lowest BCUT2D eigenvalue weighted by atomic mass is 9.98. The highest BCUT2D eigenvalue weighted by Crippen LogP contribution is 2.42. The molecule has 2 aromatic carbocycles. The van der Waals surface area contributed by atoms with Gasteiger partial charge in [-0.2, -0.15) is 5.10 Å². The third-order valence-corrected chi connectivity index (χ3v) is 10.2. The van der Waals surface area contributed by atoms with Crippen molar-refractivity contribution in [3.05, 3.63) is 88.2 Å². The van der Waals surface area contributed by atoms with Crippen LogP contribution in [0.3, 0.4) is 0 Å². The van der Waals surface area contributed by atoms with Crippen LogP contribution in [0.5, 0.6) is 5.88 Å². The lowest BCUT2D eigenvalue weighted by molar-refractivity contribution is -0.119. The average molecular weight is 874 g/mol. The second kappa shape index (κ2) is 18.4. The largest absolute Gasteiger partial charge is 0.481 e. The summed E-state index contributed by atoms with van der Waals surface area (Å²) >= 11 is 14.3. The Kier molecular flexibility index (Phi) is 13.4. The van der Waals surface area contributed by atoms with Gasteiger partial charge in [0.2, 0.25) is 11.8 Å². The fourth-order valence-electron chi connectivity index (χ4n) is 6.64. The van der Waals surface area contributed by atoms with E-state index in [9.17, 15) is 19.2 Å². The molecule has 1 unspecified atom stereocenters. The van der Waals surface area contributed by atoms with Gasteiger partial charge in [-0.3, -0.25) is 9.59 Å². The number of fused-ring (bicyclic) bond motifs is 1. The molecule has 0 saturated carbocycles. The predicted molar refractivity (Wildman–Crippen MR) is 233 cm³/mol. The summed E-state index contributed by atoms with van der Waals surface area (Å²) in [7, 11) is 1.51. The number of benzene rings is 2. The Labute approximate surface area is 364 Å². The van der Waals surface area contributed by atoms with Crippen molar-refractivity contribution < 1.29 is 33.4 Å². The summed E-state index contributed by atoms with van der Waals surface area (Å²) in [5, 5.41) is 13.9. The standard InChI is InChI=1S/C44H50Cl2N8O7/c1-25(48-41(57)60-43(2,3)4)21-47-39(56)34-24-54-35(50-34)19-18-33(52-54)31-14-10-12-29(38(31)46)28-11-9-13-30(37(28)45)32-17-15-26(40(51-32)59-8)22-53(42(58)61-44(5,6)7)23-27-16-20-36(55)49-27/h9-15,17-19,24-25,27H,16,20-23H2,1-8H3,(H,47,56)(H,48,57)(H,49,55)/t25?,27-/m0/s1. The van der Waals surface area contributed by atoms with Gasteiger partial charge in [-0.1, -0.05) is 59.6 Å². The van der Waals surface area contributed by atoms with E-state index in [0.717, 1.165) is 0 Å². The average Bonchev–Trinajstić information content (AvgIpc) is 3.81. The molecule has 5 aromatic rings. The molecule has 1 fully saturated rings. The third kappa shape index (κ3) is 11.3. The first-order valence-corrected chi connectivity index (χ1v) is 20.6. The number of hydrogen-bond donors (Lipinski definition) is 3. The molecule has 2 atom stereocenters. The molecule has 6 rings (SSSR count). The Bertz CT molecular complexity index is 2460. The number of halogens is 2. The van der Waals surface area contributed by atoms with Crippen LogP contribution in [0.15, 0.2) is 66.9 Å². The number of aromatic nitrogens is 4. The van der Waals surface area contributed by atoms with Crippen molar-refractivity contribution in [2.75, 3.05) is 20.2 Å². The van der Waals surface area contributed by atoms with Gasteiger partial charge in [0.25, 0.3) is 5.91 Å². The highest BCUT2D eigenvalue weighted by Gasteiger charge is 2.30. The van der Waals surface area contributed by atoms with Crippen molar-refractivity contribution in [1.29, 1.82) is 0 Å². The molecule has 61 heavy (non-hydrogen) atoms. The quantitative estimate of drug-likeness (QED) is 0.111. The van der Waals surface area contributed by atoms with Crippen LogP contribution in [0.4, 0.5) is 9.59 Å². The summed E-state index contributed by atoms with van der Waals surface area (Å²) in [6.07, 6.45) is 1.46. The molecule has 0 spiro atoms. The van der Waals surface area contributed by atoms with Crippen LogP contribution in [-0.2, 0) is 20.8 Å². The van der Waals surface area contributed by atoms with Gasteiger partial charge >= 0.3 is 12.2 Å². The van der Waals surface area contributed by atoms with Gasteiger partial charge in [-0.05, 0) is 79.2 Å². The lowest BCUT2D eigenvalue weighted by Gasteiger charge is -2.29. The second-order valence-corrected chi connectivity index (χ2v) is 17.5. The maximum absolute atomic E-state index is 13.3. The first kappa shape index (κ1) is 44.6. The predicted octanol–water partition coefficient (Wildman–Crippen LogP) is 8.10. The zero-order chi connectivity index (χ0) is 44.2. The molecule has 0 bridgehead atoms. The maximum Gasteiger partial charge on any atom is 0.410 e. The van der Waals surface area contributed by atoms with Gasteiger partial charge in [0.1, 0.15) is 16.9 Å². The monoisotopic (exact) mass is 872 g/mol. The molecular formula is C44H50Cl2N8O7. The van der Waals surface area contributed by atoms with E-state index >= 15 is 0 Å². The van der Waals surface area contributed by atoms with E-state index in [0.29, 0.717) is 73.6 Å². The zero-order valence-corrected chi connectivity index (χ0v) is 36.9. The van der Waals surface area contributed by atoms with E-state index in [1.54, 1.807) is 65.5 Å². The van der Waals surface area contributed by atoms with Crippen LogP contribution < -0.4 is 20.7 Å². The summed E-state index contributed by atoms with van der Waals surface area (Å²) in [6, 6.07) is 17.7. The number of carbonyl (C=O) groups excluding carboxylic acids is 4. The number of nitrogens with one attached hydrogen (secondary N) is 3. The van der Waals surface area contributed by atoms with E-state index in [4.69, 9.17) is 47.5 Å². The van der Waals surface area contributed by atoms with Crippen LogP contribution in [0, 0.1) is 0 Å². The Balaban J connectivity index is 1.21. The molecule has 1 aliphatic heterocycles. The smallest absolute Gasteiger partial charge is 0.410 e. The topological polar surface area (TPSA) is 178 Å². The SMILES string of the molecule is COc1nc(-c2cccc(-c3cccc(-c4ccc5nc(C(=O)NCC(C)NC(=O)OC(C)(C)C)cn5n4)c3Cl)c2Cl)ccc1CN(C[C@@H]1CCC(=O)N1)C(=O)OC(C)(C)C. The van der Waals surface area contributed by atoms with Crippen LogP contribution >= 0.6 is 23.2 Å². The minimum Gasteiger partial charge on any atom is -0.481 e. The summed E-state index contributed by atoms with van der Waals surface area (Å²) in [5.41, 5.74) is 3.51. The van der Waals surface area contributed by atoms with E-state index in [1.807, 2.05) is 48.5 Å². The van der Waals surface area contributed by atoms with Crippen LogP contribution in [0.1, 0.15) is 77.4 Å². The molecule has 1 saturated heterocycles. The number of rotatable bonds is 12. The van der Waals surface area contributed by atoms with Crippen molar-refractivity contribution in [2.24, 2.45) is 0 Å². The number of pyridine rings is 1. The Morgan fingerprint density at radius 2 is 1.51 bits per heavy atom. The summed E-state index contributed by atoms with van der Waals surface area (Å²) in [4.78, 5) is 61.1. The first-order valence-electron chi connectivity index (χ1n) is 19.8. The molecule has 15 nitrogen and oxygen atoms in total. The van der Waals surface area contributed by atoms with Gasteiger partial charge in [0, 0.05) is 59.4 Å². The maximum atomic E-state index is 13.3. The van der Waals surface area contributed by atoms with Crippen LogP contribution in [0.25, 0.3) is 39.3 Å². The minimum absolute atomic E-state index is 0.0470. The molecule has 4 amide bonds. The number of ether oxygens (including phenoxy) is 3. The van der Waals surface area contributed by atoms with E-state index in [2.05, 4.69) is 20.9 Å². The number of nitrogens with zero attached hydrogens (tertiary/aromatic N) is 5. The van der Waals surface area contributed by atoms with Crippen molar-refractivity contribution in [3.63, 3.8) is 0 Å². The summed E-state index contributed by atoms with van der Waals surface area (Å²) in [5.74, 6) is -0.178. The molecule has 3 N–H and O–H groups in total. The van der Waals surface area contributed by atoms with E-state index in [-0.39, 0.29) is 37.3 Å². The number of hydrogen-bond acceptors (Lipinski definition) is 10. The summed E-state index contributed by atoms with van der Waals surface area (Å²) in [6.45, 7) is 13.0. The second-order valence-electron chi connectivity index (χ2n) is 16.8. The molecule has 17 heteroatoms. The molecule has 0 aliphatic carbocycles. The van der Waals surface area contributed by atoms with E-state index in [1.165, 1.54) is 17.8 Å². The highest BCUT2D eigenvalue weighted by molar-refractivity contribution is 6.39. The van der Waals surface area contributed by atoms with Gasteiger partial charge in [-0.15, -0.1) is 0 Å². The Morgan fingerprint density at radius 1 is 0.885 bits per heavy atom. The van der Waals surface area contributed by atoms with Crippen molar-refractivity contribution >= 4 is 52.8 Å². The van der Waals surface area contributed by atoms with Gasteiger partial charge < -0.3 is 35.1 Å². The first-order chi connectivity index (χ1) is 28.8. The number of alkyl carbamates (subject to hydrolysis) is 1. The Hall–Kier alpha value is -5.93. The van der Waals surface area contributed by atoms with Gasteiger partial charge in [-0.25, -0.2) is 24.1 Å². The Morgan fingerprint density at radius 3 is 2.11 bits per heavy atom. The van der Waals surface area contributed by atoms with Crippen molar-refractivity contribution in [2.45, 2.75) is 91.1 Å². The molecule has 4 heterocycles. The minimum atomic E-state index is -0.718. The molecule has 0 radical (unpaired) electrons. The fraction of sp³-hybridized carbons (Fsp3) is 0.386. The van der Waals surface area contributed by atoms with Crippen LogP contribution in [0.2, 0.25) is 10.0 Å². The third-order valence-electron chi connectivity index (χ3n) is 9.40. The lowest BCUT2D eigenvalue weighted by Crippen LogP contribution is -2.43. The molecular weight excluding hydrogens is 823 g/mol. The summed E-state index contributed by atoms with van der Waals surface area (Å²) < 4.78 is 18.2. The number of methoxy groups -OCH3 is 1.